The predicted octanol–water partition coefficient (Wildman–Crippen LogP) is 0.641. The zero-order valence-corrected chi connectivity index (χ0v) is 16.5. The Bertz CT molecular complexity index is 587. The molecular weight excluding hydrogens is 356 g/mol. The molecule has 3 heterocycles. The zero-order chi connectivity index (χ0) is 17.8. The van der Waals surface area contributed by atoms with Gasteiger partial charge < -0.3 is 20.0 Å². The minimum Gasteiger partial charge on any atom is -0.338 e. The first-order chi connectivity index (χ1) is 12.1. The fourth-order valence-electron chi connectivity index (χ4n) is 3.37. The van der Waals surface area contributed by atoms with Crippen LogP contribution in [0, 0.1) is 0 Å². The number of urea groups is 1. The van der Waals surface area contributed by atoms with Crippen LogP contribution in [0.4, 0.5) is 4.79 Å². The second-order valence-electron chi connectivity index (χ2n) is 6.50. The van der Waals surface area contributed by atoms with E-state index in [1.807, 2.05) is 23.6 Å². The Morgan fingerprint density at radius 1 is 1.40 bits per heavy atom. The van der Waals surface area contributed by atoms with Crippen LogP contribution in [0.5, 0.6) is 0 Å². The first kappa shape index (κ1) is 18.5. The van der Waals surface area contributed by atoms with Crippen molar-refractivity contribution < 1.29 is 14.5 Å². The Morgan fingerprint density at radius 2 is 2.16 bits per heavy atom. The Hall–Kier alpha value is -1.25. The number of hydrogen-bond donors (Lipinski definition) is 2. The molecule has 2 atom stereocenters. The molecule has 6 nitrogen and oxygen atoms in total. The van der Waals surface area contributed by atoms with Crippen molar-refractivity contribution in [1.29, 1.82) is 0 Å². The van der Waals surface area contributed by atoms with Crippen LogP contribution in [0.2, 0.25) is 0 Å². The van der Waals surface area contributed by atoms with E-state index in [1.54, 1.807) is 23.1 Å². The van der Waals surface area contributed by atoms with Crippen molar-refractivity contribution in [2.75, 3.05) is 45.8 Å². The molecule has 2 aliphatic heterocycles. The molecule has 138 valence electrons. The van der Waals surface area contributed by atoms with Crippen LogP contribution in [0.1, 0.15) is 24.1 Å². The van der Waals surface area contributed by atoms with Crippen molar-refractivity contribution in [2.24, 2.45) is 0 Å². The maximum absolute atomic E-state index is 12.5. The molecule has 1 aromatic rings. The lowest BCUT2D eigenvalue weighted by Crippen LogP contribution is -3.15. The first-order valence-corrected chi connectivity index (χ1v) is 10.8. The molecular formula is C17H27N4O2S2+. The third kappa shape index (κ3) is 4.30. The van der Waals surface area contributed by atoms with Gasteiger partial charge in [-0.05, 0) is 25.3 Å². The summed E-state index contributed by atoms with van der Waals surface area (Å²) < 4.78 is 0. The van der Waals surface area contributed by atoms with E-state index < -0.39 is 0 Å². The van der Waals surface area contributed by atoms with Crippen LogP contribution in [0.15, 0.2) is 17.5 Å². The summed E-state index contributed by atoms with van der Waals surface area (Å²) in [6.07, 6.45) is 0. The van der Waals surface area contributed by atoms with Gasteiger partial charge in [0.05, 0.1) is 44.5 Å². The lowest BCUT2D eigenvalue weighted by atomic mass is 10.3. The third-order valence-electron chi connectivity index (χ3n) is 4.83. The molecule has 0 saturated carbocycles. The second-order valence-corrected chi connectivity index (χ2v) is 8.91. The van der Waals surface area contributed by atoms with Crippen LogP contribution in [0.3, 0.4) is 0 Å². The van der Waals surface area contributed by atoms with Gasteiger partial charge in [-0.3, -0.25) is 4.79 Å². The number of amides is 3. The Morgan fingerprint density at radius 3 is 2.80 bits per heavy atom. The van der Waals surface area contributed by atoms with Gasteiger partial charge in [0.15, 0.2) is 0 Å². The lowest BCUT2D eigenvalue weighted by Gasteiger charge is -2.33. The molecule has 0 bridgehead atoms. The van der Waals surface area contributed by atoms with E-state index in [9.17, 15) is 9.59 Å². The minimum atomic E-state index is 0.0386. The van der Waals surface area contributed by atoms with Crippen LogP contribution in [-0.2, 0) is 4.79 Å². The van der Waals surface area contributed by atoms with Gasteiger partial charge in [-0.15, -0.1) is 23.1 Å². The molecule has 25 heavy (non-hydrogen) atoms. The summed E-state index contributed by atoms with van der Waals surface area (Å²) in [7, 11) is 0. The molecule has 0 radical (unpaired) electrons. The number of hydrogen-bond acceptors (Lipinski definition) is 4. The normalized spacial score (nSPS) is 24.8. The van der Waals surface area contributed by atoms with E-state index in [0.717, 1.165) is 39.3 Å². The topological polar surface area (TPSA) is 57.1 Å². The molecule has 2 fully saturated rings. The number of piperazine rings is 1. The lowest BCUT2D eigenvalue weighted by molar-refractivity contribution is -0.903. The van der Waals surface area contributed by atoms with Crippen molar-refractivity contribution in [3.05, 3.63) is 22.4 Å². The summed E-state index contributed by atoms with van der Waals surface area (Å²) in [6.45, 7) is 9.82. The summed E-state index contributed by atoms with van der Waals surface area (Å²) in [5, 5.41) is 5.14. The average molecular weight is 384 g/mol. The summed E-state index contributed by atoms with van der Waals surface area (Å²) in [5.74, 6) is 0.253. The summed E-state index contributed by atoms with van der Waals surface area (Å²) in [6, 6.07) is 4.22. The van der Waals surface area contributed by atoms with E-state index in [2.05, 4.69) is 22.8 Å². The summed E-state index contributed by atoms with van der Waals surface area (Å²) in [4.78, 5) is 31.1. The second kappa shape index (κ2) is 8.42. The number of nitrogens with zero attached hydrogens (tertiary/aromatic N) is 2. The molecule has 2 N–H and O–H groups in total. The van der Waals surface area contributed by atoms with Gasteiger partial charge >= 0.3 is 6.03 Å². The van der Waals surface area contributed by atoms with E-state index >= 15 is 0 Å². The zero-order valence-electron chi connectivity index (χ0n) is 14.9. The number of thioether (sulfide) groups is 1. The van der Waals surface area contributed by atoms with Gasteiger partial charge in [0.1, 0.15) is 5.37 Å². The molecule has 8 heteroatoms. The van der Waals surface area contributed by atoms with E-state index in [1.165, 1.54) is 9.78 Å². The average Bonchev–Trinajstić information content (AvgIpc) is 3.23. The summed E-state index contributed by atoms with van der Waals surface area (Å²) in [5.41, 5.74) is 0. The maximum Gasteiger partial charge on any atom is 0.317 e. The quantitative estimate of drug-likeness (QED) is 0.785. The number of thiophene rings is 1. The van der Waals surface area contributed by atoms with Crippen LogP contribution >= 0.6 is 23.1 Å². The largest absolute Gasteiger partial charge is 0.338 e. The third-order valence-corrected chi connectivity index (χ3v) is 7.28. The van der Waals surface area contributed by atoms with Gasteiger partial charge in [-0.2, -0.15) is 0 Å². The van der Waals surface area contributed by atoms with Crippen molar-refractivity contribution in [1.82, 2.24) is 15.1 Å². The highest BCUT2D eigenvalue weighted by molar-refractivity contribution is 8.01. The van der Waals surface area contributed by atoms with Gasteiger partial charge in [0.2, 0.25) is 5.91 Å². The number of nitrogens with one attached hydrogen (secondary N) is 2. The molecule has 3 rings (SSSR count). The highest BCUT2D eigenvalue weighted by atomic mass is 32.2. The Balaban J connectivity index is 1.51. The number of carbonyl (C=O) groups is 2. The van der Waals surface area contributed by atoms with Crippen molar-refractivity contribution in [3.8, 4) is 0 Å². The Labute approximate surface area is 157 Å². The maximum atomic E-state index is 12.5. The van der Waals surface area contributed by atoms with Crippen molar-refractivity contribution in [2.45, 2.75) is 24.5 Å². The van der Waals surface area contributed by atoms with E-state index in [-0.39, 0.29) is 22.6 Å². The van der Waals surface area contributed by atoms with Gasteiger partial charge in [0, 0.05) is 11.4 Å². The molecule has 1 aromatic heterocycles. The van der Waals surface area contributed by atoms with Gasteiger partial charge in [-0.1, -0.05) is 6.07 Å². The van der Waals surface area contributed by atoms with E-state index in [4.69, 9.17) is 0 Å². The van der Waals surface area contributed by atoms with Gasteiger partial charge in [-0.25, -0.2) is 4.79 Å². The minimum absolute atomic E-state index is 0.0386. The number of rotatable bonds is 5. The smallest absolute Gasteiger partial charge is 0.317 e. The number of quaternary nitrogens is 1. The molecule has 0 aromatic carbocycles. The summed E-state index contributed by atoms with van der Waals surface area (Å²) >= 11 is 3.48. The first-order valence-electron chi connectivity index (χ1n) is 8.95. The molecule has 2 saturated heterocycles. The van der Waals surface area contributed by atoms with Crippen LogP contribution in [0.25, 0.3) is 0 Å². The van der Waals surface area contributed by atoms with Crippen molar-refractivity contribution >= 4 is 35.0 Å². The predicted molar refractivity (Wildman–Crippen MR) is 102 cm³/mol. The monoisotopic (exact) mass is 383 g/mol. The Kier molecular flexibility index (Phi) is 6.24. The molecule has 0 spiro atoms. The van der Waals surface area contributed by atoms with Crippen molar-refractivity contribution in [3.63, 3.8) is 0 Å². The molecule has 0 aliphatic carbocycles. The SMILES string of the molecule is CCNC(=O)N1CC[NH+](CCN2C(=O)[C@@H](C)S[C@H]2c2cccs2)CC1. The van der Waals surface area contributed by atoms with Gasteiger partial charge in [0.25, 0.3) is 0 Å². The van der Waals surface area contributed by atoms with Crippen LogP contribution in [-0.4, -0.2) is 72.8 Å². The molecule has 3 amide bonds. The van der Waals surface area contributed by atoms with E-state index in [0.29, 0.717) is 6.54 Å². The fourth-order valence-corrected chi connectivity index (χ4v) is 5.63. The van der Waals surface area contributed by atoms with Crippen LogP contribution < -0.4 is 10.2 Å². The molecule has 0 unspecified atom stereocenters. The standard InChI is InChI=1S/C17H26N4O2S2/c1-3-18-17(23)20-9-6-19(7-10-20)8-11-21-15(22)13(2)25-16(21)14-5-4-12-24-14/h4-5,12-13,16H,3,6-11H2,1-2H3,(H,18,23)/p+1/t13-,16+/m1/s1. The molecule has 2 aliphatic rings. The fraction of sp³-hybridized carbons (Fsp3) is 0.647. The number of carbonyl (C=O) groups excluding carboxylic acids is 2. The highest BCUT2D eigenvalue weighted by Crippen LogP contribution is 2.43. The highest BCUT2D eigenvalue weighted by Gasteiger charge is 2.39.